The molecule has 1 heterocycles. The van der Waals surface area contributed by atoms with Gasteiger partial charge in [0.05, 0.1) is 11.0 Å². The quantitative estimate of drug-likeness (QED) is 0.297. The molecular weight excluding hydrogens is 298 g/mol. The molecule has 0 amide bonds. The second-order valence-corrected chi connectivity index (χ2v) is 5.64. The number of hydrogen-bond donors (Lipinski definition) is 0. The maximum atomic E-state index is 11.1. The lowest BCUT2D eigenvalue weighted by molar-refractivity contribution is -0.131. The Kier molecular flexibility index (Phi) is 3.47. The first-order valence-corrected chi connectivity index (χ1v) is 7.79. The van der Waals surface area contributed by atoms with Crippen molar-refractivity contribution in [2.75, 3.05) is 0 Å². The number of benzene rings is 3. The summed E-state index contributed by atoms with van der Waals surface area (Å²) < 4.78 is 5.13. The van der Waals surface area contributed by atoms with Gasteiger partial charge >= 0.3 is 5.97 Å². The van der Waals surface area contributed by atoms with Crippen molar-refractivity contribution >= 4 is 27.8 Å². The predicted octanol–water partition coefficient (Wildman–Crippen LogP) is 4.98. The van der Waals surface area contributed by atoms with Crippen molar-refractivity contribution in [2.45, 2.75) is 6.92 Å². The first-order valence-electron chi connectivity index (χ1n) is 7.79. The van der Waals surface area contributed by atoms with Crippen LogP contribution in [0, 0.1) is 0 Å². The van der Waals surface area contributed by atoms with Gasteiger partial charge in [-0.05, 0) is 29.8 Å². The fourth-order valence-corrected chi connectivity index (χ4v) is 3.01. The second-order valence-electron chi connectivity index (χ2n) is 5.64. The van der Waals surface area contributed by atoms with E-state index in [0.717, 1.165) is 32.9 Å². The van der Waals surface area contributed by atoms with Crippen LogP contribution in [0.1, 0.15) is 6.92 Å². The number of para-hydroxylation sites is 2. The highest BCUT2D eigenvalue weighted by atomic mass is 16.5. The summed E-state index contributed by atoms with van der Waals surface area (Å²) in [6.07, 6.45) is 0. The molecule has 116 valence electrons. The van der Waals surface area contributed by atoms with E-state index in [1.165, 1.54) is 6.92 Å². The average molecular weight is 313 g/mol. The molecule has 0 radical (unpaired) electrons. The minimum absolute atomic E-state index is 0.317. The Morgan fingerprint density at radius 1 is 0.792 bits per heavy atom. The highest BCUT2D eigenvalue weighted by molar-refractivity contribution is 6.09. The van der Waals surface area contributed by atoms with Crippen molar-refractivity contribution in [3.8, 4) is 16.9 Å². The van der Waals surface area contributed by atoms with Crippen LogP contribution in [0.3, 0.4) is 0 Å². The summed E-state index contributed by atoms with van der Waals surface area (Å²) in [5, 5.41) is 2.22. The topological polar surface area (TPSA) is 39.2 Å². The molecule has 0 aliphatic heterocycles. The van der Waals surface area contributed by atoms with Crippen molar-refractivity contribution in [1.82, 2.24) is 4.98 Å². The normalized spacial score (nSPS) is 10.9. The lowest BCUT2D eigenvalue weighted by Crippen LogP contribution is -2.00. The van der Waals surface area contributed by atoms with Gasteiger partial charge in [0.25, 0.3) is 0 Å². The molecule has 0 unspecified atom stereocenters. The zero-order valence-corrected chi connectivity index (χ0v) is 13.2. The first kappa shape index (κ1) is 14.4. The van der Waals surface area contributed by atoms with Gasteiger partial charge in [-0.3, -0.25) is 4.79 Å². The Bertz CT molecular complexity index is 998. The summed E-state index contributed by atoms with van der Waals surface area (Å²) in [5.41, 5.74) is 4.15. The van der Waals surface area contributed by atoms with E-state index >= 15 is 0 Å². The van der Waals surface area contributed by atoms with Gasteiger partial charge in [-0.1, -0.05) is 48.5 Å². The molecule has 0 aliphatic rings. The lowest BCUT2D eigenvalue weighted by atomic mass is 9.96. The summed E-state index contributed by atoms with van der Waals surface area (Å²) in [6.45, 7) is 1.40. The van der Waals surface area contributed by atoms with E-state index < -0.39 is 0 Å². The van der Waals surface area contributed by atoms with Gasteiger partial charge in [-0.2, -0.15) is 0 Å². The zero-order valence-electron chi connectivity index (χ0n) is 13.2. The molecule has 0 saturated carbocycles. The van der Waals surface area contributed by atoms with E-state index in [9.17, 15) is 4.79 Å². The van der Waals surface area contributed by atoms with Gasteiger partial charge in [-0.15, -0.1) is 0 Å². The Morgan fingerprint density at radius 2 is 1.33 bits per heavy atom. The lowest BCUT2D eigenvalue weighted by Gasteiger charge is -2.11. The molecule has 24 heavy (non-hydrogen) atoms. The van der Waals surface area contributed by atoms with Crippen molar-refractivity contribution in [2.24, 2.45) is 0 Å². The zero-order chi connectivity index (χ0) is 16.5. The van der Waals surface area contributed by atoms with Crippen molar-refractivity contribution in [3.63, 3.8) is 0 Å². The SMILES string of the molecule is CC(=O)Oc1ccc(-c2c3ccccc3nc3ccccc23)cc1. The van der Waals surface area contributed by atoms with E-state index in [1.807, 2.05) is 60.7 Å². The molecule has 0 spiro atoms. The third-order valence-corrected chi connectivity index (χ3v) is 3.99. The number of esters is 1. The van der Waals surface area contributed by atoms with Crippen LogP contribution in [0.5, 0.6) is 5.75 Å². The van der Waals surface area contributed by atoms with Crippen LogP contribution in [-0.2, 0) is 4.79 Å². The molecule has 0 N–H and O–H groups in total. The van der Waals surface area contributed by atoms with Gasteiger partial charge in [0.15, 0.2) is 0 Å². The van der Waals surface area contributed by atoms with Crippen molar-refractivity contribution in [3.05, 3.63) is 72.8 Å². The van der Waals surface area contributed by atoms with Crippen molar-refractivity contribution in [1.29, 1.82) is 0 Å². The molecule has 0 bridgehead atoms. The van der Waals surface area contributed by atoms with Gasteiger partial charge in [0.2, 0.25) is 0 Å². The molecular formula is C21H15NO2. The minimum Gasteiger partial charge on any atom is -0.427 e. The molecule has 0 aliphatic carbocycles. The number of pyridine rings is 1. The van der Waals surface area contributed by atoms with Crippen LogP contribution in [0.2, 0.25) is 0 Å². The smallest absolute Gasteiger partial charge is 0.308 e. The summed E-state index contributed by atoms with van der Waals surface area (Å²) in [6, 6.07) is 23.9. The highest BCUT2D eigenvalue weighted by Crippen LogP contribution is 2.35. The largest absolute Gasteiger partial charge is 0.427 e. The standard InChI is InChI=1S/C21H15NO2/c1-14(23)24-16-12-10-15(11-13-16)21-17-6-2-4-8-19(17)22-20-9-5-3-7-18(20)21/h2-13H,1H3. The number of aromatic nitrogens is 1. The number of fused-ring (bicyclic) bond motifs is 2. The average Bonchev–Trinajstić information content (AvgIpc) is 2.60. The van der Waals surface area contributed by atoms with Gasteiger partial charge in [-0.25, -0.2) is 4.98 Å². The molecule has 0 fully saturated rings. The van der Waals surface area contributed by atoms with Crippen LogP contribution >= 0.6 is 0 Å². The molecule has 4 aromatic rings. The van der Waals surface area contributed by atoms with E-state index in [1.54, 1.807) is 0 Å². The Balaban J connectivity index is 1.98. The number of nitrogens with zero attached hydrogens (tertiary/aromatic N) is 1. The van der Waals surface area contributed by atoms with Crippen LogP contribution in [0.15, 0.2) is 72.8 Å². The number of carbonyl (C=O) groups excluding carboxylic acids is 1. The monoisotopic (exact) mass is 313 g/mol. The molecule has 0 atom stereocenters. The molecule has 0 saturated heterocycles. The fraction of sp³-hybridized carbons (Fsp3) is 0.0476. The minimum atomic E-state index is -0.317. The molecule has 1 aromatic heterocycles. The first-order chi connectivity index (χ1) is 11.7. The van der Waals surface area contributed by atoms with Crippen LogP contribution in [0.25, 0.3) is 32.9 Å². The predicted molar refractivity (Wildman–Crippen MR) is 96.0 cm³/mol. The van der Waals surface area contributed by atoms with E-state index in [4.69, 9.17) is 9.72 Å². The Morgan fingerprint density at radius 3 is 1.88 bits per heavy atom. The summed E-state index contributed by atoms with van der Waals surface area (Å²) >= 11 is 0. The van der Waals surface area contributed by atoms with Crippen LogP contribution in [0.4, 0.5) is 0 Å². The second kappa shape index (κ2) is 5.78. The van der Waals surface area contributed by atoms with E-state index in [0.29, 0.717) is 5.75 Å². The summed E-state index contributed by atoms with van der Waals surface area (Å²) in [5.74, 6) is 0.233. The Labute approximate surface area is 139 Å². The van der Waals surface area contributed by atoms with Crippen molar-refractivity contribution < 1.29 is 9.53 Å². The third-order valence-electron chi connectivity index (χ3n) is 3.99. The molecule has 3 aromatic carbocycles. The van der Waals surface area contributed by atoms with E-state index in [-0.39, 0.29) is 5.97 Å². The Hall–Kier alpha value is -3.20. The van der Waals surface area contributed by atoms with Gasteiger partial charge in [0.1, 0.15) is 5.75 Å². The number of carbonyl (C=O) groups is 1. The number of ether oxygens (including phenoxy) is 1. The summed E-state index contributed by atoms with van der Waals surface area (Å²) in [7, 11) is 0. The molecule has 3 nitrogen and oxygen atoms in total. The van der Waals surface area contributed by atoms with Gasteiger partial charge in [0, 0.05) is 23.3 Å². The van der Waals surface area contributed by atoms with Crippen LogP contribution in [-0.4, -0.2) is 11.0 Å². The third kappa shape index (κ3) is 2.50. The summed E-state index contributed by atoms with van der Waals surface area (Å²) in [4.78, 5) is 15.8. The van der Waals surface area contributed by atoms with Crippen LogP contribution < -0.4 is 4.74 Å². The maximum Gasteiger partial charge on any atom is 0.308 e. The highest BCUT2D eigenvalue weighted by Gasteiger charge is 2.11. The molecule has 4 rings (SSSR count). The number of hydrogen-bond acceptors (Lipinski definition) is 3. The maximum absolute atomic E-state index is 11.1. The molecule has 3 heteroatoms. The van der Waals surface area contributed by atoms with E-state index in [2.05, 4.69) is 12.1 Å². The fourth-order valence-electron chi connectivity index (χ4n) is 3.01. The number of rotatable bonds is 2. The van der Waals surface area contributed by atoms with Gasteiger partial charge < -0.3 is 4.74 Å².